The standard InChI is InChI=1S/C18H19NO4/c1-12-8-14(3)15(9-13(12)2)16(20)11-23-18(22)10-19-7-5-4-6-17(19)21/h4-9H,10-11H2,1-3H3. The molecule has 1 aromatic carbocycles. The van der Waals surface area contributed by atoms with Gasteiger partial charge in [0.05, 0.1) is 0 Å². The summed E-state index contributed by atoms with van der Waals surface area (Å²) >= 11 is 0. The van der Waals surface area contributed by atoms with Gasteiger partial charge in [0.2, 0.25) is 5.78 Å². The first kappa shape index (κ1) is 16.7. The second kappa shape index (κ2) is 7.05. The van der Waals surface area contributed by atoms with E-state index in [1.807, 2.05) is 32.9 Å². The van der Waals surface area contributed by atoms with Gasteiger partial charge in [0, 0.05) is 17.8 Å². The molecule has 0 aliphatic carbocycles. The molecule has 0 unspecified atom stereocenters. The van der Waals surface area contributed by atoms with Gasteiger partial charge in [0.1, 0.15) is 6.54 Å². The summed E-state index contributed by atoms with van der Waals surface area (Å²) in [6.07, 6.45) is 1.50. The average molecular weight is 313 g/mol. The summed E-state index contributed by atoms with van der Waals surface area (Å²) in [5.41, 5.74) is 3.24. The van der Waals surface area contributed by atoms with Gasteiger partial charge in [-0.1, -0.05) is 12.1 Å². The number of rotatable bonds is 5. The Hall–Kier alpha value is -2.69. The first-order valence-electron chi connectivity index (χ1n) is 7.30. The third-order valence-electron chi connectivity index (χ3n) is 3.70. The van der Waals surface area contributed by atoms with Crippen molar-refractivity contribution >= 4 is 11.8 Å². The molecule has 1 heterocycles. The van der Waals surface area contributed by atoms with Crippen LogP contribution in [0.15, 0.2) is 41.3 Å². The van der Waals surface area contributed by atoms with Crippen LogP contribution >= 0.6 is 0 Å². The maximum atomic E-state index is 12.2. The van der Waals surface area contributed by atoms with Crippen LogP contribution in [0, 0.1) is 20.8 Å². The van der Waals surface area contributed by atoms with E-state index in [1.165, 1.54) is 16.8 Å². The van der Waals surface area contributed by atoms with Crippen LogP contribution in [-0.4, -0.2) is 22.9 Å². The first-order chi connectivity index (χ1) is 10.9. The Balaban J connectivity index is 1.99. The molecule has 5 heteroatoms. The van der Waals surface area contributed by atoms with Crippen LogP contribution in [0.3, 0.4) is 0 Å². The molecular weight excluding hydrogens is 294 g/mol. The van der Waals surface area contributed by atoms with Gasteiger partial charge >= 0.3 is 5.97 Å². The van der Waals surface area contributed by atoms with E-state index in [1.54, 1.807) is 12.1 Å². The van der Waals surface area contributed by atoms with Gasteiger partial charge in [-0.05, 0) is 49.6 Å². The normalized spacial score (nSPS) is 10.4. The van der Waals surface area contributed by atoms with E-state index >= 15 is 0 Å². The van der Waals surface area contributed by atoms with Gasteiger partial charge in [-0.3, -0.25) is 14.4 Å². The fraction of sp³-hybridized carbons (Fsp3) is 0.278. The molecule has 0 aliphatic rings. The van der Waals surface area contributed by atoms with Crippen molar-refractivity contribution < 1.29 is 14.3 Å². The molecule has 2 aromatic rings. The minimum atomic E-state index is -0.617. The van der Waals surface area contributed by atoms with Crippen molar-refractivity contribution in [2.45, 2.75) is 27.3 Å². The molecule has 0 spiro atoms. The largest absolute Gasteiger partial charge is 0.456 e. The lowest BCUT2D eigenvalue weighted by Gasteiger charge is -2.10. The Labute approximate surface area is 134 Å². The summed E-state index contributed by atoms with van der Waals surface area (Å²) in [7, 11) is 0. The number of aryl methyl sites for hydroxylation is 3. The summed E-state index contributed by atoms with van der Waals surface area (Å²) < 4.78 is 6.22. The second-order valence-corrected chi connectivity index (χ2v) is 5.50. The second-order valence-electron chi connectivity index (χ2n) is 5.50. The maximum absolute atomic E-state index is 12.2. The number of carbonyl (C=O) groups is 2. The molecule has 1 aromatic heterocycles. The molecule has 120 valence electrons. The highest BCUT2D eigenvalue weighted by molar-refractivity contribution is 5.99. The molecule has 0 aliphatic heterocycles. The molecule has 23 heavy (non-hydrogen) atoms. The lowest BCUT2D eigenvalue weighted by atomic mass is 9.98. The third kappa shape index (κ3) is 4.16. The van der Waals surface area contributed by atoms with E-state index in [9.17, 15) is 14.4 Å². The highest BCUT2D eigenvalue weighted by Gasteiger charge is 2.14. The average Bonchev–Trinajstić information content (AvgIpc) is 2.51. The molecule has 0 N–H and O–H groups in total. The molecule has 0 amide bonds. The number of hydrogen-bond donors (Lipinski definition) is 0. The van der Waals surface area contributed by atoms with Crippen molar-refractivity contribution in [1.82, 2.24) is 4.57 Å². The van der Waals surface area contributed by atoms with Crippen molar-refractivity contribution in [2.24, 2.45) is 0 Å². The van der Waals surface area contributed by atoms with Crippen molar-refractivity contribution in [1.29, 1.82) is 0 Å². The number of nitrogens with zero attached hydrogens (tertiary/aromatic N) is 1. The van der Waals surface area contributed by atoms with Gasteiger partial charge < -0.3 is 9.30 Å². The number of Topliss-reactive ketones (excluding diaryl/α,β-unsaturated/α-hetero) is 1. The Morgan fingerprint density at radius 3 is 2.43 bits per heavy atom. The van der Waals surface area contributed by atoms with E-state index in [2.05, 4.69) is 0 Å². The predicted molar refractivity (Wildman–Crippen MR) is 86.6 cm³/mol. The highest BCUT2D eigenvalue weighted by Crippen LogP contribution is 2.16. The summed E-state index contributed by atoms with van der Waals surface area (Å²) in [4.78, 5) is 35.5. The van der Waals surface area contributed by atoms with Crippen molar-refractivity contribution in [2.75, 3.05) is 6.61 Å². The predicted octanol–water partition coefficient (Wildman–Crippen LogP) is 2.20. The minimum absolute atomic E-state index is 0.209. The van der Waals surface area contributed by atoms with Crippen LogP contribution in [0.1, 0.15) is 27.0 Å². The van der Waals surface area contributed by atoms with Crippen LogP contribution in [0.2, 0.25) is 0 Å². The number of ether oxygens (including phenoxy) is 1. The van der Waals surface area contributed by atoms with Gasteiger partial charge in [-0.15, -0.1) is 0 Å². The minimum Gasteiger partial charge on any atom is -0.456 e. The van der Waals surface area contributed by atoms with Crippen LogP contribution in [-0.2, 0) is 16.1 Å². The number of pyridine rings is 1. The van der Waals surface area contributed by atoms with Gasteiger partial charge in [0.25, 0.3) is 5.56 Å². The summed E-state index contributed by atoms with van der Waals surface area (Å²) in [5, 5.41) is 0. The SMILES string of the molecule is Cc1cc(C)c(C(=O)COC(=O)Cn2ccccc2=O)cc1C. The molecule has 0 saturated heterocycles. The van der Waals surface area contributed by atoms with Crippen molar-refractivity contribution in [3.8, 4) is 0 Å². The number of benzene rings is 1. The van der Waals surface area contributed by atoms with E-state index < -0.39 is 5.97 Å². The van der Waals surface area contributed by atoms with Crippen LogP contribution < -0.4 is 5.56 Å². The zero-order valence-corrected chi connectivity index (χ0v) is 13.5. The monoisotopic (exact) mass is 313 g/mol. The van der Waals surface area contributed by atoms with Gasteiger partial charge in [-0.2, -0.15) is 0 Å². The van der Waals surface area contributed by atoms with Crippen LogP contribution in [0.25, 0.3) is 0 Å². The Bertz CT molecular complexity index is 805. The molecule has 0 fully saturated rings. The maximum Gasteiger partial charge on any atom is 0.326 e. The topological polar surface area (TPSA) is 65.4 Å². The van der Waals surface area contributed by atoms with E-state index in [4.69, 9.17) is 4.74 Å². The molecule has 0 saturated carbocycles. The van der Waals surface area contributed by atoms with Crippen molar-refractivity contribution in [3.05, 3.63) is 69.1 Å². The van der Waals surface area contributed by atoms with E-state index in [-0.39, 0.29) is 24.5 Å². The molecule has 0 atom stereocenters. The number of carbonyl (C=O) groups excluding carboxylic acids is 2. The van der Waals surface area contributed by atoms with E-state index in [0.717, 1.165) is 16.7 Å². The first-order valence-corrected chi connectivity index (χ1v) is 7.30. The summed E-state index contributed by atoms with van der Waals surface area (Å²) in [6, 6.07) is 8.35. The number of hydrogen-bond acceptors (Lipinski definition) is 4. The van der Waals surface area contributed by atoms with Crippen LogP contribution in [0.5, 0.6) is 0 Å². The van der Waals surface area contributed by atoms with E-state index in [0.29, 0.717) is 5.56 Å². The molecule has 0 radical (unpaired) electrons. The fourth-order valence-electron chi connectivity index (χ4n) is 2.26. The summed E-state index contributed by atoms with van der Waals surface area (Å²) in [6.45, 7) is 5.22. The number of aromatic nitrogens is 1. The third-order valence-corrected chi connectivity index (χ3v) is 3.70. The van der Waals surface area contributed by atoms with Gasteiger partial charge in [0.15, 0.2) is 6.61 Å². The Kier molecular flexibility index (Phi) is 5.11. The fourth-order valence-corrected chi connectivity index (χ4v) is 2.26. The van der Waals surface area contributed by atoms with Crippen molar-refractivity contribution in [3.63, 3.8) is 0 Å². The Morgan fingerprint density at radius 2 is 1.74 bits per heavy atom. The zero-order valence-electron chi connectivity index (χ0n) is 13.5. The lowest BCUT2D eigenvalue weighted by molar-refractivity contribution is -0.143. The van der Waals surface area contributed by atoms with Crippen LogP contribution in [0.4, 0.5) is 0 Å². The highest BCUT2D eigenvalue weighted by atomic mass is 16.5. The quantitative estimate of drug-likeness (QED) is 0.627. The molecule has 0 bridgehead atoms. The summed E-state index contributed by atoms with van der Waals surface area (Å²) in [5.74, 6) is -0.868. The molecule has 5 nitrogen and oxygen atoms in total. The number of esters is 1. The Morgan fingerprint density at radius 1 is 1.04 bits per heavy atom. The van der Waals surface area contributed by atoms with Gasteiger partial charge in [-0.25, -0.2) is 0 Å². The zero-order chi connectivity index (χ0) is 17.0. The lowest BCUT2D eigenvalue weighted by Crippen LogP contribution is -2.25. The number of ketones is 1. The molecular formula is C18H19NO4. The smallest absolute Gasteiger partial charge is 0.326 e. The molecule has 2 rings (SSSR count).